The lowest BCUT2D eigenvalue weighted by atomic mass is 9.52. The monoisotopic (exact) mass is 556 g/mol. The summed E-state index contributed by atoms with van der Waals surface area (Å²) in [7, 11) is -3.60. The second-order valence-electron chi connectivity index (χ2n) is 12.8. The largest absolute Gasteiger partial charge is 0.385 e. The molecule has 1 heterocycles. The Morgan fingerprint density at radius 2 is 1.68 bits per heavy atom. The number of hydrogen-bond donors (Lipinski definition) is 1. The molecule has 0 saturated heterocycles. The van der Waals surface area contributed by atoms with Gasteiger partial charge in [-0.2, -0.15) is 4.31 Å². The molecule has 5 atom stereocenters. The number of aliphatic hydroxyl groups is 1. The van der Waals surface area contributed by atoms with Crippen molar-refractivity contribution in [2.45, 2.75) is 81.9 Å². The van der Waals surface area contributed by atoms with E-state index in [0.717, 1.165) is 60.8 Å². The van der Waals surface area contributed by atoms with Crippen LogP contribution in [0.2, 0.25) is 0 Å². The zero-order valence-electron chi connectivity index (χ0n) is 23.1. The summed E-state index contributed by atoms with van der Waals surface area (Å²) in [5, 5.41) is 15.6. The van der Waals surface area contributed by atoms with Crippen LogP contribution in [0.25, 0.3) is 0 Å². The van der Waals surface area contributed by atoms with Crippen LogP contribution in [0.3, 0.4) is 0 Å². The van der Waals surface area contributed by atoms with E-state index < -0.39 is 15.6 Å². The molecule has 0 spiro atoms. The number of aryl methyl sites for hydroxylation is 2. The first-order chi connectivity index (χ1) is 19.1. The average molecular weight is 557 g/mol. The highest BCUT2D eigenvalue weighted by Gasteiger charge is 2.62. The predicted octanol–water partition coefficient (Wildman–Crippen LogP) is 6.84. The molecule has 6 nitrogen and oxygen atoms in total. The van der Waals surface area contributed by atoms with Crippen LogP contribution in [0.15, 0.2) is 70.7 Å². The maximum Gasteiger partial charge on any atom is 0.243 e. The molecule has 0 unspecified atom stereocenters. The zero-order valence-corrected chi connectivity index (χ0v) is 24.0. The summed E-state index contributed by atoms with van der Waals surface area (Å²) < 4.78 is 28.3. The van der Waals surface area contributed by atoms with Crippen molar-refractivity contribution in [2.75, 3.05) is 0 Å². The summed E-state index contributed by atoms with van der Waals surface area (Å²) in [5.74, 6) is 1.39. The highest BCUT2D eigenvalue weighted by molar-refractivity contribution is 7.89. The Kier molecular flexibility index (Phi) is 5.91. The van der Waals surface area contributed by atoms with Gasteiger partial charge in [-0.3, -0.25) is 0 Å². The van der Waals surface area contributed by atoms with Gasteiger partial charge in [-0.25, -0.2) is 8.42 Å². The normalized spacial score (nSPS) is 31.2. The van der Waals surface area contributed by atoms with Gasteiger partial charge in [-0.15, -0.1) is 4.91 Å². The summed E-state index contributed by atoms with van der Waals surface area (Å²) in [4.78, 5) is 11.4. The molecular formula is C33H36N2O4S. The minimum atomic E-state index is -3.60. The van der Waals surface area contributed by atoms with Gasteiger partial charge in [0.1, 0.15) is 5.69 Å². The van der Waals surface area contributed by atoms with Crippen molar-refractivity contribution >= 4 is 15.7 Å². The van der Waals surface area contributed by atoms with E-state index in [4.69, 9.17) is 0 Å². The number of nitroso groups, excluding NO2 is 1. The Hall–Kier alpha value is -2.87. The summed E-state index contributed by atoms with van der Waals surface area (Å²) in [5.41, 5.74) is 5.93. The van der Waals surface area contributed by atoms with Crippen molar-refractivity contribution in [3.8, 4) is 0 Å². The number of fused-ring (bicyclic) bond motifs is 6. The van der Waals surface area contributed by atoms with Gasteiger partial charge in [0.15, 0.2) is 0 Å². The molecule has 2 saturated carbocycles. The van der Waals surface area contributed by atoms with E-state index in [1.165, 1.54) is 11.1 Å². The second kappa shape index (κ2) is 9.07. The van der Waals surface area contributed by atoms with Crippen LogP contribution in [-0.4, -0.2) is 17.8 Å². The first-order valence-corrected chi connectivity index (χ1v) is 16.0. The topological polar surface area (TPSA) is 87.0 Å². The molecular weight excluding hydrogens is 520 g/mol. The van der Waals surface area contributed by atoms with Crippen LogP contribution in [-0.2, 0) is 35.1 Å². The van der Waals surface area contributed by atoms with Crippen LogP contribution >= 0.6 is 0 Å². The number of benzene rings is 3. The average Bonchev–Trinajstić information content (AvgIpc) is 3.52. The van der Waals surface area contributed by atoms with E-state index in [-0.39, 0.29) is 5.41 Å². The van der Waals surface area contributed by atoms with E-state index in [1.807, 2.05) is 43.3 Å². The summed E-state index contributed by atoms with van der Waals surface area (Å²) in [6.07, 6.45) is 5.70. The van der Waals surface area contributed by atoms with Gasteiger partial charge in [0, 0.05) is 18.5 Å². The quantitative estimate of drug-likeness (QED) is 0.357. The van der Waals surface area contributed by atoms with Gasteiger partial charge < -0.3 is 5.11 Å². The van der Waals surface area contributed by atoms with E-state index in [9.17, 15) is 18.4 Å². The molecule has 3 aromatic carbocycles. The number of rotatable bonds is 4. The third-order valence-corrected chi connectivity index (χ3v) is 12.8. The molecule has 0 bridgehead atoms. The van der Waals surface area contributed by atoms with E-state index in [1.54, 1.807) is 16.4 Å². The summed E-state index contributed by atoms with van der Waals surface area (Å²) in [6, 6.07) is 19.1. The molecule has 7 rings (SSSR count). The SMILES string of the molecule is Cc1ccc(S(=O)(=O)N2Cc3ccc([C@]4(O)CC[C@H]5[C@@H]6CCc7cc(N=O)ccc7[C@H]6CC[C@@]54C)cc3C2)cc1. The van der Waals surface area contributed by atoms with E-state index in [2.05, 4.69) is 24.2 Å². The molecule has 0 aromatic heterocycles. The Labute approximate surface area is 236 Å². The fraction of sp³-hybridized carbons (Fsp3) is 0.455. The Morgan fingerprint density at radius 3 is 2.45 bits per heavy atom. The van der Waals surface area contributed by atoms with Crippen LogP contribution in [0.5, 0.6) is 0 Å². The third kappa shape index (κ3) is 3.70. The second-order valence-corrected chi connectivity index (χ2v) is 14.8. The molecule has 1 aliphatic heterocycles. The standard InChI is InChI=1S/C33H36N2O4S/c1-21-3-9-27(10-4-21)40(38,39)35-19-23-5-7-25(17-24(23)20-35)33(36)16-14-31-30-11-6-22-18-26(34-37)8-12-28(22)29(30)13-15-32(31,33)2/h3-5,7-10,12,17-18,29-31,36H,6,11,13-16,19-20H2,1-2H3/t29-,30-,31+,32+,33-/m1/s1. The molecule has 0 amide bonds. The molecule has 2 fully saturated rings. The van der Waals surface area contributed by atoms with Gasteiger partial charge in [0.25, 0.3) is 0 Å². The lowest BCUT2D eigenvalue weighted by Gasteiger charge is -2.53. The van der Waals surface area contributed by atoms with Gasteiger partial charge in [0.05, 0.1) is 10.5 Å². The van der Waals surface area contributed by atoms with E-state index in [0.29, 0.717) is 41.4 Å². The van der Waals surface area contributed by atoms with Gasteiger partial charge >= 0.3 is 0 Å². The Balaban J connectivity index is 1.16. The van der Waals surface area contributed by atoms with Gasteiger partial charge in [0.2, 0.25) is 10.0 Å². The Bertz CT molecular complexity index is 1620. The maximum atomic E-state index is 13.4. The summed E-state index contributed by atoms with van der Waals surface area (Å²) in [6.45, 7) is 4.92. The first-order valence-electron chi connectivity index (χ1n) is 14.5. The molecule has 40 heavy (non-hydrogen) atoms. The summed E-state index contributed by atoms with van der Waals surface area (Å²) >= 11 is 0. The lowest BCUT2D eigenvalue weighted by Crippen LogP contribution is -2.49. The highest BCUT2D eigenvalue weighted by atomic mass is 32.2. The van der Waals surface area contributed by atoms with Crippen molar-refractivity contribution in [3.05, 3.63) is 99.0 Å². The van der Waals surface area contributed by atoms with Crippen LogP contribution in [0.4, 0.5) is 5.69 Å². The molecule has 208 valence electrons. The minimum absolute atomic E-state index is 0.240. The number of sulfonamides is 1. The van der Waals surface area contributed by atoms with Crippen LogP contribution < -0.4 is 0 Å². The maximum absolute atomic E-state index is 13.4. The van der Waals surface area contributed by atoms with Crippen LogP contribution in [0, 0.1) is 29.1 Å². The first kappa shape index (κ1) is 26.1. The van der Waals surface area contributed by atoms with Crippen molar-refractivity contribution in [3.63, 3.8) is 0 Å². The number of nitrogens with zero attached hydrogens (tertiary/aromatic N) is 2. The molecule has 3 aromatic rings. The van der Waals surface area contributed by atoms with Gasteiger partial charge in [-0.1, -0.05) is 48.9 Å². The fourth-order valence-corrected chi connectivity index (χ4v) is 10.2. The molecule has 3 aliphatic carbocycles. The lowest BCUT2D eigenvalue weighted by molar-refractivity contribution is -0.108. The molecule has 0 radical (unpaired) electrons. The molecule has 1 N–H and O–H groups in total. The number of hydrogen-bond acceptors (Lipinski definition) is 5. The molecule has 7 heteroatoms. The highest BCUT2D eigenvalue weighted by Crippen LogP contribution is 2.67. The van der Waals surface area contributed by atoms with Crippen molar-refractivity contribution in [1.29, 1.82) is 0 Å². The van der Waals surface area contributed by atoms with Gasteiger partial charge in [-0.05, 0) is 120 Å². The van der Waals surface area contributed by atoms with Crippen molar-refractivity contribution < 1.29 is 13.5 Å². The smallest absolute Gasteiger partial charge is 0.243 e. The predicted molar refractivity (Wildman–Crippen MR) is 154 cm³/mol. The van der Waals surface area contributed by atoms with Crippen molar-refractivity contribution in [1.82, 2.24) is 4.31 Å². The zero-order chi connectivity index (χ0) is 27.9. The van der Waals surface area contributed by atoms with Crippen molar-refractivity contribution in [2.24, 2.45) is 22.4 Å². The Morgan fingerprint density at radius 1 is 0.900 bits per heavy atom. The fourth-order valence-electron chi connectivity index (χ4n) is 8.77. The van der Waals surface area contributed by atoms with Crippen LogP contribution in [0.1, 0.15) is 78.3 Å². The third-order valence-electron chi connectivity index (χ3n) is 11.0. The molecule has 4 aliphatic rings. The van der Waals surface area contributed by atoms with E-state index >= 15 is 0 Å². The minimum Gasteiger partial charge on any atom is -0.385 e.